The molecule has 1 amide bonds. The monoisotopic (exact) mass is 301 g/mol. The number of hydrogen-bond donors (Lipinski definition) is 2. The smallest absolute Gasteiger partial charge is 0.225 e. The van der Waals surface area contributed by atoms with E-state index in [1.807, 2.05) is 6.07 Å². The maximum absolute atomic E-state index is 12.7. The van der Waals surface area contributed by atoms with Gasteiger partial charge in [-0.15, -0.1) is 0 Å². The van der Waals surface area contributed by atoms with E-state index in [4.69, 9.17) is 0 Å². The molecule has 0 spiro atoms. The van der Waals surface area contributed by atoms with Gasteiger partial charge < -0.3 is 4.90 Å². The summed E-state index contributed by atoms with van der Waals surface area (Å²) in [4.78, 5) is 14.8. The lowest BCUT2D eigenvalue weighted by atomic mass is 9.84. The highest BCUT2D eigenvalue weighted by molar-refractivity contribution is 5.78. The van der Waals surface area contributed by atoms with Gasteiger partial charge in [0.15, 0.2) is 0 Å². The van der Waals surface area contributed by atoms with Crippen LogP contribution in [0.3, 0.4) is 0 Å². The fourth-order valence-corrected chi connectivity index (χ4v) is 3.89. The number of piperidine rings is 1. The van der Waals surface area contributed by atoms with Crippen molar-refractivity contribution < 1.29 is 4.79 Å². The zero-order valence-corrected chi connectivity index (χ0v) is 13.6. The Kier molecular flexibility index (Phi) is 4.79. The van der Waals surface area contributed by atoms with Crippen LogP contribution < -0.4 is 10.9 Å². The molecule has 4 nitrogen and oxygen atoms in total. The Morgan fingerprint density at radius 1 is 1.23 bits per heavy atom. The van der Waals surface area contributed by atoms with E-state index in [9.17, 15) is 4.79 Å². The second-order valence-corrected chi connectivity index (χ2v) is 6.53. The number of nitrogens with one attached hydrogen (secondary N) is 2. The number of benzene rings is 1. The average molecular weight is 301 g/mol. The molecule has 2 saturated heterocycles. The van der Waals surface area contributed by atoms with Gasteiger partial charge >= 0.3 is 0 Å². The predicted molar refractivity (Wildman–Crippen MR) is 88.0 cm³/mol. The summed E-state index contributed by atoms with van der Waals surface area (Å²) in [6.07, 6.45) is 2.92. The van der Waals surface area contributed by atoms with Gasteiger partial charge in [0.2, 0.25) is 5.91 Å². The van der Waals surface area contributed by atoms with Gasteiger partial charge in [0.05, 0.1) is 6.04 Å². The van der Waals surface area contributed by atoms with Crippen LogP contribution in [0.15, 0.2) is 30.3 Å². The van der Waals surface area contributed by atoms with Crippen LogP contribution >= 0.6 is 0 Å². The highest BCUT2D eigenvalue weighted by Gasteiger charge is 2.41. The van der Waals surface area contributed by atoms with Gasteiger partial charge in [-0.25, -0.2) is 5.43 Å². The summed E-state index contributed by atoms with van der Waals surface area (Å²) in [5.41, 5.74) is 8.18. The van der Waals surface area contributed by atoms with Gasteiger partial charge in [-0.3, -0.25) is 10.2 Å². The Morgan fingerprint density at radius 2 is 1.95 bits per heavy atom. The maximum Gasteiger partial charge on any atom is 0.225 e. The molecule has 2 aliphatic rings. The summed E-state index contributed by atoms with van der Waals surface area (Å²) < 4.78 is 0. The number of carbonyl (C=O) groups is 1. The SMILES string of the molecule is CCC(CC)C(=O)N1CCC2NNC(c3ccccc3)C2C1. The van der Waals surface area contributed by atoms with Gasteiger partial charge in [-0.2, -0.15) is 0 Å². The summed E-state index contributed by atoms with van der Waals surface area (Å²) in [7, 11) is 0. The largest absolute Gasteiger partial charge is 0.342 e. The van der Waals surface area contributed by atoms with Crippen molar-refractivity contribution in [2.75, 3.05) is 13.1 Å². The Hall–Kier alpha value is -1.39. The second-order valence-electron chi connectivity index (χ2n) is 6.53. The lowest BCUT2D eigenvalue weighted by Gasteiger charge is -2.37. The summed E-state index contributed by atoms with van der Waals surface area (Å²) in [6.45, 7) is 5.97. The molecule has 2 aliphatic heterocycles. The van der Waals surface area contributed by atoms with Crippen molar-refractivity contribution in [1.29, 1.82) is 0 Å². The van der Waals surface area contributed by atoms with Crippen LogP contribution in [0.2, 0.25) is 0 Å². The molecule has 0 aliphatic carbocycles. The van der Waals surface area contributed by atoms with E-state index >= 15 is 0 Å². The quantitative estimate of drug-likeness (QED) is 0.898. The molecule has 2 N–H and O–H groups in total. The highest BCUT2D eigenvalue weighted by atomic mass is 16.2. The summed E-state index contributed by atoms with van der Waals surface area (Å²) in [6, 6.07) is 11.3. The molecular formula is C18H27N3O. The summed E-state index contributed by atoms with van der Waals surface area (Å²) in [5.74, 6) is 0.991. The van der Waals surface area contributed by atoms with Gasteiger partial charge in [0.1, 0.15) is 0 Å². The van der Waals surface area contributed by atoms with Crippen LogP contribution in [0.25, 0.3) is 0 Å². The molecule has 1 aromatic carbocycles. The second kappa shape index (κ2) is 6.80. The number of nitrogens with zero attached hydrogens (tertiary/aromatic N) is 1. The Labute approximate surface area is 133 Å². The third-order valence-electron chi connectivity index (χ3n) is 5.32. The van der Waals surface area contributed by atoms with Crippen LogP contribution in [-0.4, -0.2) is 29.9 Å². The van der Waals surface area contributed by atoms with E-state index in [-0.39, 0.29) is 5.92 Å². The minimum Gasteiger partial charge on any atom is -0.342 e. The predicted octanol–water partition coefficient (Wildman–Crippen LogP) is 2.49. The third-order valence-corrected chi connectivity index (χ3v) is 5.32. The molecule has 2 fully saturated rings. The molecule has 0 radical (unpaired) electrons. The van der Waals surface area contributed by atoms with Crippen molar-refractivity contribution in [3.63, 3.8) is 0 Å². The van der Waals surface area contributed by atoms with Crippen LogP contribution in [0.1, 0.15) is 44.7 Å². The maximum atomic E-state index is 12.7. The van der Waals surface area contributed by atoms with E-state index in [2.05, 4.69) is 53.9 Å². The van der Waals surface area contributed by atoms with Crippen molar-refractivity contribution in [1.82, 2.24) is 15.8 Å². The van der Waals surface area contributed by atoms with Crippen molar-refractivity contribution >= 4 is 5.91 Å². The number of fused-ring (bicyclic) bond motifs is 1. The number of hydrogen-bond acceptors (Lipinski definition) is 3. The number of likely N-dealkylation sites (tertiary alicyclic amines) is 1. The summed E-state index contributed by atoms with van der Waals surface area (Å²) in [5, 5.41) is 0. The number of hydrazine groups is 1. The van der Waals surface area contributed by atoms with Crippen LogP contribution in [0, 0.1) is 11.8 Å². The Bertz CT molecular complexity index is 500. The molecule has 22 heavy (non-hydrogen) atoms. The van der Waals surface area contributed by atoms with Gasteiger partial charge in [0, 0.05) is 31.0 Å². The van der Waals surface area contributed by atoms with E-state index in [0.29, 0.717) is 23.9 Å². The molecule has 3 unspecified atom stereocenters. The molecule has 3 rings (SSSR count). The average Bonchev–Trinajstić information content (AvgIpc) is 2.99. The van der Waals surface area contributed by atoms with Gasteiger partial charge in [-0.05, 0) is 24.8 Å². The first-order valence-corrected chi connectivity index (χ1v) is 8.59. The fraction of sp³-hybridized carbons (Fsp3) is 0.611. The van der Waals surface area contributed by atoms with Crippen molar-refractivity contribution in [3.05, 3.63) is 35.9 Å². The van der Waals surface area contributed by atoms with Crippen LogP contribution in [-0.2, 0) is 4.79 Å². The lowest BCUT2D eigenvalue weighted by Crippen LogP contribution is -2.49. The van der Waals surface area contributed by atoms with E-state index in [1.54, 1.807) is 0 Å². The molecular weight excluding hydrogens is 274 g/mol. The first-order chi connectivity index (χ1) is 10.7. The zero-order chi connectivity index (χ0) is 15.5. The topological polar surface area (TPSA) is 44.4 Å². The van der Waals surface area contributed by atoms with Crippen molar-refractivity contribution in [2.45, 2.75) is 45.2 Å². The van der Waals surface area contributed by atoms with Crippen LogP contribution in [0.5, 0.6) is 0 Å². The number of amides is 1. The van der Waals surface area contributed by atoms with Crippen LogP contribution in [0.4, 0.5) is 0 Å². The molecule has 3 atom stereocenters. The molecule has 2 heterocycles. The van der Waals surface area contributed by atoms with E-state index in [1.165, 1.54) is 5.56 Å². The standard InChI is InChI=1S/C18H27N3O/c1-3-13(4-2)18(22)21-11-10-16-15(12-21)17(20-19-16)14-8-6-5-7-9-14/h5-9,13,15-17,19-20H,3-4,10-12H2,1-2H3. The van der Waals surface area contributed by atoms with E-state index in [0.717, 1.165) is 32.4 Å². The Balaban J connectivity index is 1.72. The van der Waals surface area contributed by atoms with Gasteiger partial charge in [0.25, 0.3) is 0 Å². The molecule has 4 heteroatoms. The number of rotatable bonds is 4. The minimum atomic E-state index is 0.189. The molecule has 0 bridgehead atoms. The molecule has 0 saturated carbocycles. The normalized spacial score (nSPS) is 28.0. The first-order valence-electron chi connectivity index (χ1n) is 8.59. The molecule has 1 aromatic rings. The first kappa shape index (κ1) is 15.5. The summed E-state index contributed by atoms with van der Waals surface area (Å²) >= 11 is 0. The van der Waals surface area contributed by atoms with Crippen molar-refractivity contribution in [2.24, 2.45) is 11.8 Å². The van der Waals surface area contributed by atoms with E-state index < -0.39 is 0 Å². The van der Waals surface area contributed by atoms with Crippen molar-refractivity contribution in [3.8, 4) is 0 Å². The third kappa shape index (κ3) is 2.90. The highest BCUT2D eigenvalue weighted by Crippen LogP contribution is 2.34. The minimum absolute atomic E-state index is 0.189. The molecule has 120 valence electrons. The zero-order valence-electron chi connectivity index (χ0n) is 13.6. The molecule has 0 aromatic heterocycles. The number of carbonyl (C=O) groups excluding carboxylic acids is 1. The fourth-order valence-electron chi connectivity index (χ4n) is 3.89. The lowest BCUT2D eigenvalue weighted by molar-refractivity contribution is -0.137. The van der Waals surface area contributed by atoms with Gasteiger partial charge in [-0.1, -0.05) is 44.2 Å². The Morgan fingerprint density at radius 3 is 2.64 bits per heavy atom.